The van der Waals surface area contributed by atoms with Gasteiger partial charge >= 0.3 is 0 Å². The Hall–Kier alpha value is -1.44. The van der Waals surface area contributed by atoms with Crippen LogP contribution in [-0.4, -0.2) is 32.6 Å². The molecular weight excluding hydrogens is 292 g/mol. The Morgan fingerprint density at radius 2 is 2.14 bits per heavy atom. The van der Waals surface area contributed by atoms with Gasteiger partial charge in [-0.25, -0.2) is 13.6 Å². The van der Waals surface area contributed by atoms with Crippen LogP contribution in [0.4, 0.5) is 0 Å². The van der Waals surface area contributed by atoms with Gasteiger partial charge in [0, 0.05) is 18.2 Å². The summed E-state index contributed by atoms with van der Waals surface area (Å²) in [6.07, 6.45) is 1.46. The Bertz CT molecular complexity index is 640. The lowest BCUT2D eigenvalue weighted by molar-refractivity contribution is -0.0615. The second-order valence-electron chi connectivity index (χ2n) is 5.84. The van der Waals surface area contributed by atoms with Gasteiger partial charge in [0.2, 0.25) is 10.0 Å². The number of ether oxygens (including phenoxy) is 1. The molecule has 116 valence electrons. The maximum atomic E-state index is 12.2. The highest BCUT2D eigenvalue weighted by Gasteiger charge is 2.29. The van der Waals surface area contributed by atoms with E-state index in [0.29, 0.717) is 13.0 Å². The molecule has 1 fully saturated rings. The first kappa shape index (κ1) is 15.9. The number of primary sulfonamides is 1. The van der Waals surface area contributed by atoms with E-state index in [2.05, 4.69) is 5.32 Å². The Labute approximate surface area is 124 Å². The monoisotopic (exact) mass is 312 g/mol. The summed E-state index contributed by atoms with van der Waals surface area (Å²) in [5, 5.41) is 7.98. The fourth-order valence-electron chi connectivity index (χ4n) is 2.44. The summed E-state index contributed by atoms with van der Waals surface area (Å²) in [4.78, 5) is 12.1. The summed E-state index contributed by atoms with van der Waals surface area (Å²) < 4.78 is 28.2. The van der Waals surface area contributed by atoms with Crippen molar-refractivity contribution in [2.45, 2.75) is 43.2 Å². The van der Waals surface area contributed by atoms with Crippen LogP contribution < -0.4 is 10.5 Å². The molecule has 21 heavy (non-hydrogen) atoms. The third kappa shape index (κ3) is 4.26. The van der Waals surface area contributed by atoms with Crippen molar-refractivity contribution >= 4 is 15.9 Å². The minimum Gasteiger partial charge on any atom is -0.375 e. The van der Waals surface area contributed by atoms with E-state index in [1.807, 2.05) is 13.8 Å². The predicted octanol–water partition coefficient (Wildman–Crippen LogP) is 1.02. The zero-order valence-corrected chi connectivity index (χ0v) is 12.9. The predicted molar refractivity (Wildman–Crippen MR) is 78.3 cm³/mol. The Morgan fingerprint density at radius 3 is 2.76 bits per heavy atom. The summed E-state index contributed by atoms with van der Waals surface area (Å²) in [5.41, 5.74) is 0.0179. The highest BCUT2D eigenvalue weighted by Crippen LogP contribution is 2.24. The van der Waals surface area contributed by atoms with Gasteiger partial charge in [-0.05, 0) is 44.9 Å². The van der Waals surface area contributed by atoms with E-state index in [4.69, 9.17) is 9.88 Å². The van der Waals surface area contributed by atoms with Crippen LogP contribution in [0, 0.1) is 0 Å². The Kier molecular flexibility index (Phi) is 4.36. The molecule has 0 aliphatic carbocycles. The van der Waals surface area contributed by atoms with E-state index in [-0.39, 0.29) is 28.0 Å². The number of carbonyl (C=O) groups excluding carboxylic acids is 1. The first-order chi connectivity index (χ1) is 9.67. The number of amides is 1. The Morgan fingerprint density at radius 1 is 1.43 bits per heavy atom. The minimum absolute atomic E-state index is 0.0133. The average Bonchev–Trinajstić information content (AvgIpc) is 2.36. The molecule has 0 bridgehead atoms. The van der Waals surface area contributed by atoms with Crippen molar-refractivity contribution in [2.24, 2.45) is 5.14 Å². The van der Waals surface area contributed by atoms with Crippen LogP contribution in [0.2, 0.25) is 0 Å². The molecule has 0 aromatic heterocycles. The molecule has 1 unspecified atom stereocenters. The van der Waals surface area contributed by atoms with E-state index < -0.39 is 10.0 Å². The van der Waals surface area contributed by atoms with Gasteiger partial charge in [0.05, 0.1) is 10.5 Å². The number of nitrogens with one attached hydrogen (secondary N) is 1. The average molecular weight is 312 g/mol. The van der Waals surface area contributed by atoms with E-state index in [9.17, 15) is 13.2 Å². The first-order valence-corrected chi connectivity index (χ1v) is 8.30. The maximum absolute atomic E-state index is 12.2. The highest BCUT2D eigenvalue weighted by molar-refractivity contribution is 7.89. The van der Waals surface area contributed by atoms with Gasteiger partial charge in [0.1, 0.15) is 0 Å². The Balaban J connectivity index is 2.10. The van der Waals surface area contributed by atoms with Gasteiger partial charge < -0.3 is 10.1 Å². The molecule has 1 atom stereocenters. The topological polar surface area (TPSA) is 98.5 Å². The number of hydrogen-bond acceptors (Lipinski definition) is 4. The summed E-state index contributed by atoms with van der Waals surface area (Å²) in [7, 11) is -3.81. The zero-order valence-electron chi connectivity index (χ0n) is 12.1. The van der Waals surface area contributed by atoms with E-state index >= 15 is 0 Å². The molecule has 1 amide bonds. The molecule has 0 saturated carbocycles. The maximum Gasteiger partial charge on any atom is 0.251 e. The van der Waals surface area contributed by atoms with Crippen LogP contribution in [0.5, 0.6) is 0 Å². The molecule has 1 aliphatic rings. The van der Waals surface area contributed by atoms with Crippen molar-refractivity contribution in [1.82, 2.24) is 5.32 Å². The largest absolute Gasteiger partial charge is 0.375 e. The minimum atomic E-state index is -3.81. The first-order valence-electron chi connectivity index (χ1n) is 6.75. The van der Waals surface area contributed by atoms with Crippen LogP contribution in [0.1, 0.15) is 37.0 Å². The van der Waals surface area contributed by atoms with Gasteiger partial charge in [0.15, 0.2) is 0 Å². The van der Waals surface area contributed by atoms with Crippen LogP contribution in [0.25, 0.3) is 0 Å². The van der Waals surface area contributed by atoms with Gasteiger partial charge in [-0.3, -0.25) is 4.79 Å². The molecule has 7 heteroatoms. The number of hydrogen-bond donors (Lipinski definition) is 2. The molecule has 2 rings (SSSR count). The molecule has 0 spiro atoms. The summed E-state index contributed by atoms with van der Waals surface area (Å²) in [6.45, 7) is 4.55. The number of rotatable bonds is 3. The van der Waals surface area contributed by atoms with Crippen molar-refractivity contribution < 1.29 is 17.9 Å². The molecule has 6 nitrogen and oxygen atoms in total. The molecular formula is C14H20N2O4S. The zero-order chi connectivity index (χ0) is 15.7. The number of nitrogens with two attached hydrogens (primary N) is 1. The summed E-state index contributed by atoms with van der Waals surface area (Å²) in [5.74, 6) is -0.303. The summed E-state index contributed by atoms with van der Waals surface area (Å²) in [6, 6.07) is 5.73. The van der Waals surface area contributed by atoms with E-state index in [1.54, 1.807) is 6.07 Å². The molecule has 0 radical (unpaired) electrons. The summed E-state index contributed by atoms with van der Waals surface area (Å²) >= 11 is 0. The van der Waals surface area contributed by atoms with Crippen molar-refractivity contribution in [3.63, 3.8) is 0 Å². The second kappa shape index (κ2) is 5.75. The van der Waals surface area contributed by atoms with E-state index in [1.165, 1.54) is 18.2 Å². The second-order valence-corrected chi connectivity index (χ2v) is 7.41. The van der Waals surface area contributed by atoms with E-state index in [0.717, 1.165) is 6.42 Å². The van der Waals surface area contributed by atoms with Crippen LogP contribution >= 0.6 is 0 Å². The van der Waals surface area contributed by atoms with Gasteiger partial charge in [-0.2, -0.15) is 0 Å². The fourth-order valence-corrected chi connectivity index (χ4v) is 3.00. The highest BCUT2D eigenvalue weighted by atomic mass is 32.2. The van der Waals surface area contributed by atoms with Crippen molar-refractivity contribution in [2.75, 3.05) is 6.61 Å². The van der Waals surface area contributed by atoms with Crippen molar-refractivity contribution in [3.05, 3.63) is 29.8 Å². The number of sulfonamides is 1. The third-order valence-corrected chi connectivity index (χ3v) is 4.37. The van der Waals surface area contributed by atoms with Gasteiger partial charge in [-0.1, -0.05) is 6.07 Å². The van der Waals surface area contributed by atoms with Crippen LogP contribution in [-0.2, 0) is 14.8 Å². The lowest BCUT2D eigenvalue weighted by Crippen LogP contribution is -2.45. The molecule has 1 aromatic carbocycles. The lowest BCUT2D eigenvalue weighted by atomic mass is 9.94. The van der Waals surface area contributed by atoms with Crippen LogP contribution in [0.3, 0.4) is 0 Å². The standard InChI is InChI=1S/C14H20N2O4S/c1-14(2)9-11(6-7-20-14)16-13(17)10-4-3-5-12(8-10)21(15,18)19/h3-5,8,11H,6-7,9H2,1-2H3,(H,16,17)(H2,15,18,19). The molecule has 1 aliphatic heterocycles. The number of carbonyl (C=O) groups is 1. The normalized spacial score (nSPS) is 21.8. The number of benzene rings is 1. The van der Waals surface area contributed by atoms with Gasteiger partial charge in [0.25, 0.3) is 5.91 Å². The van der Waals surface area contributed by atoms with Crippen molar-refractivity contribution in [1.29, 1.82) is 0 Å². The van der Waals surface area contributed by atoms with Crippen molar-refractivity contribution in [3.8, 4) is 0 Å². The van der Waals surface area contributed by atoms with Gasteiger partial charge in [-0.15, -0.1) is 0 Å². The molecule has 1 saturated heterocycles. The van der Waals surface area contributed by atoms with Crippen LogP contribution in [0.15, 0.2) is 29.2 Å². The smallest absolute Gasteiger partial charge is 0.251 e. The molecule has 3 N–H and O–H groups in total. The molecule has 1 aromatic rings. The fraction of sp³-hybridized carbons (Fsp3) is 0.500. The SMILES string of the molecule is CC1(C)CC(NC(=O)c2cccc(S(N)(=O)=O)c2)CCO1. The third-order valence-electron chi connectivity index (χ3n) is 3.46. The lowest BCUT2D eigenvalue weighted by Gasteiger charge is -2.35. The quantitative estimate of drug-likeness (QED) is 0.870. The molecule has 1 heterocycles.